The smallest absolute Gasteiger partial charge is 0.245 e. The number of benzene rings is 1. The van der Waals surface area contributed by atoms with Crippen LogP contribution in [0.1, 0.15) is 33.6 Å². The van der Waals surface area contributed by atoms with E-state index >= 15 is 0 Å². The van der Waals surface area contributed by atoms with Crippen LogP contribution in [0.25, 0.3) is 0 Å². The maximum atomic E-state index is 12.7. The summed E-state index contributed by atoms with van der Waals surface area (Å²) in [5, 5.41) is 0. The maximum absolute atomic E-state index is 12.7. The number of nitrogens with zero attached hydrogens (tertiary/aromatic N) is 1. The first-order chi connectivity index (χ1) is 9.36. The van der Waals surface area contributed by atoms with Crippen molar-refractivity contribution in [1.29, 1.82) is 0 Å². The summed E-state index contributed by atoms with van der Waals surface area (Å²) in [5.74, 6) is 0.376. The van der Waals surface area contributed by atoms with Crippen molar-refractivity contribution in [3.05, 3.63) is 22.7 Å². The van der Waals surface area contributed by atoms with Crippen molar-refractivity contribution in [2.45, 2.75) is 38.5 Å². The molecule has 0 bridgehead atoms. The Morgan fingerprint density at radius 2 is 1.85 bits per heavy atom. The average Bonchev–Trinajstić information content (AvgIpc) is 2.39. The van der Waals surface area contributed by atoms with Gasteiger partial charge in [-0.3, -0.25) is 0 Å². The van der Waals surface area contributed by atoms with Gasteiger partial charge in [0, 0.05) is 17.6 Å². The molecule has 0 saturated heterocycles. The topological polar surface area (TPSA) is 63.4 Å². The van der Waals surface area contributed by atoms with Crippen molar-refractivity contribution in [1.82, 2.24) is 4.31 Å². The molecule has 4 nitrogen and oxygen atoms in total. The zero-order valence-electron chi connectivity index (χ0n) is 12.3. The van der Waals surface area contributed by atoms with Crippen LogP contribution >= 0.6 is 15.9 Å². The molecule has 0 aromatic heterocycles. The van der Waals surface area contributed by atoms with E-state index in [-0.39, 0.29) is 10.6 Å². The Kier molecular flexibility index (Phi) is 6.48. The van der Waals surface area contributed by atoms with Gasteiger partial charge in [-0.1, -0.05) is 49.5 Å². The van der Waals surface area contributed by atoms with Gasteiger partial charge in [0.15, 0.2) is 0 Å². The normalized spacial score (nSPS) is 12.3. The number of nitrogen functional groups attached to an aromatic ring is 1. The summed E-state index contributed by atoms with van der Waals surface area (Å²) in [5.41, 5.74) is 6.14. The number of sulfonamides is 1. The highest BCUT2D eigenvalue weighted by atomic mass is 79.9. The summed E-state index contributed by atoms with van der Waals surface area (Å²) >= 11 is 3.29. The van der Waals surface area contributed by atoms with E-state index < -0.39 is 10.0 Å². The van der Waals surface area contributed by atoms with Crippen LogP contribution in [0.5, 0.6) is 0 Å². The molecule has 0 aliphatic rings. The largest absolute Gasteiger partial charge is 0.398 e. The van der Waals surface area contributed by atoms with Crippen LogP contribution in [0.3, 0.4) is 0 Å². The lowest BCUT2D eigenvalue weighted by Gasteiger charge is -2.25. The Morgan fingerprint density at radius 1 is 1.25 bits per heavy atom. The van der Waals surface area contributed by atoms with E-state index in [1.807, 2.05) is 6.92 Å². The fourth-order valence-corrected chi connectivity index (χ4v) is 4.13. The van der Waals surface area contributed by atoms with Gasteiger partial charge in [-0.25, -0.2) is 8.42 Å². The summed E-state index contributed by atoms with van der Waals surface area (Å²) in [6.45, 7) is 7.02. The summed E-state index contributed by atoms with van der Waals surface area (Å²) in [6.07, 6.45) is 1.94. The molecule has 1 aromatic rings. The van der Waals surface area contributed by atoms with E-state index in [2.05, 4.69) is 29.8 Å². The van der Waals surface area contributed by atoms with E-state index in [0.29, 0.717) is 19.0 Å². The number of nitrogens with two attached hydrogens (primary N) is 1. The lowest BCUT2D eigenvalue weighted by Crippen LogP contribution is -2.35. The van der Waals surface area contributed by atoms with Crippen molar-refractivity contribution >= 4 is 31.6 Å². The third kappa shape index (κ3) is 3.96. The average molecular weight is 363 g/mol. The Bertz CT molecular complexity index is 542. The molecule has 0 fully saturated rings. The zero-order chi connectivity index (χ0) is 15.3. The van der Waals surface area contributed by atoms with Gasteiger partial charge in [0.1, 0.15) is 4.90 Å². The van der Waals surface area contributed by atoms with Gasteiger partial charge < -0.3 is 5.73 Å². The first-order valence-corrected chi connectivity index (χ1v) is 9.15. The minimum Gasteiger partial charge on any atom is -0.398 e. The fourth-order valence-electron chi connectivity index (χ4n) is 2.13. The van der Waals surface area contributed by atoms with Crippen LogP contribution in [0.15, 0.2) is 27.6 Å². The second kappa shape index (κ2) is 7.43. The number of hydrogen-bond acceptors (Lipinski definition) is 3. The Labute approximate surface area is 130 Å². The molecule has 1 aromatic carbocycles. The molecular weight excluding hydrogens is 340 g/mol. The zero-order valence-corrected chi connectivity index (χ0v) is 14.7. The predicted octanol–water partition coefficient (Wildman–Crippen LogP) is 3.48. The highest BCUT2D eigenvalue weighted by Gasteiger charge is 2.26. The molecule has 0 saturated carbocycles. The van der Waals surface area contributed by atoms with Gasteiger partial charge in [-0.2, -0.15) is 4.31 Å². The van der Waals surface area contributed by atoms with Crippen molar-refractivity contribution < 1.29 is 8.42 Å². The number of halogens is 1. The molecule has 0 amide bonds. The van der Waals surface area contributed by atoms with E-state index in [0.717, 1.165) is 17.3 Å². The molecular formula is C14H23BrN2O2S. The highest BCUT2D eigenvalue weighted by Crippen LogP contribution is 2.26. The van der Waals surface area contributed by atoms with Gasteiger partial charge in [-0.15, -0.1) is 0 Å². The van der Waals surface area contributed by atoms with Crippen molar-refractivity contribution in [3.63, 3.8) is 0 Å². The third-order valence-electron chi connectivity index (χ3n) is 3.56. The van der Waals surface area contributed by atoms with Gasteiger partial charge in [0.05, 0.1) is 5.69 Å². The lowest BCUT2D eigenvalue weighted by molar-refractivity contribution is 0.339. The molecule has 20 heavy (non-hydrogen) atoms. The Balaban J connectivity index is 3.11. The first kappa shape index (κ1) is 17.5. The molecule has 114 valence electrons. The Morgan fingerprint density at radius 3 is 2.30 bits per heavy atom. The van der Waals surface area contributed by atoms with E-state index in [1.54, 1.807) is 18.2 Å². The molecule has 0 heterocycles. The number of anilines is 1. The summed E-state index contributed by atoms with van der Waals surface area (Å²) in [6, 6.07) is 4.89. The van der Waals surface area contributed by atoms with Crippen LogP contribution in [-0.4, -0.2) is 25.8 Å². The van der Waals surface area contributed by atoms with E-state index in [1.165, 1.54) is 4.31 Å². The first-order valence-electron chi connectivity index (χ1n) is 6.91. The molecule has 6 heteroatoms. The minimum atomic E-state index is -3.53. The minimum absolute atomic E-state index is 0.188. The summed E-state index contributed by atoms with van der Waals surface area (Å²) in [7, 11) is -3.53. The number of rotatable bonds is 7. The van der Waals surface area contributed by atoms with E-state index in [9.17, 15) is 8.42 Å². The predicted molar refractivity (Wildman–Crippen MR) is 87.1 cm³/mol. The summed E-state index contributed by atoms with van der Waals surface area (Å²) in [4.78, 5) is 0.188. The molecule has 0 aliphatic heterocycles. The highest BCUT2D eigenvalue weighted by molar-refractivity contribution is 9.10. The van der Waals surface area contributed by atoms with Gasteiger partial charge >= 0.3 is 0 Å². The van der Waals surface area contributed by atoms with E-state index in [4.69, 9.17) is 5.73 Å². The van der Waals surface area contributed by atoms with Crippen LogP contribution < -0.4 is 5.73 Å². The van der Waals surface area contributed by atoms with Crippen molar-refractivity contribution in [2.75, 3.05) is 18.8 Å². The van der Waals surface area contributed by atoms with Crippen LogP contribution in [-0.2, 0) is 10.0 Å². The van der Waals surface area contributed by atoms with Gasteiger partial charge in [0.2, 0.25) is 10.0 Å². The fraction of sp³-hybridized carbons (Fsp3) is 0.571. The second-order valence-corrected chi connectivity index (χ2v) is 7.64. The third-order valence-corrected chi connectivity index (χ3v) is 6.07. The standard InChI is InChI=1S/C14H23BrN2O2S/c1-4-11(5-2)10-17(6-3)20(18,19)14-8-7-12(15)9-13(14)16/h7-9,11H,4-6,10,16H2,1-3H3. The second-order valence-electron chi connectivity index (χ2n) is 4.82. The SMILES string of the molecule is CCC(CC)CN(CC)S(=O)(=O)c1ccc(Br)cc1N. The molecule has 0 spiro atoms. The number of hydrogen-bond donors (Lipinski definition) is 1. The molecule has 1 rings (SSSR count). The van der Waals surface area contributed by atoms with Crippen LogP contribution in [0, 0.1) is 5.92 Å². The quantitative estimate of drug-likeness (QED) is 0.755. The molecule has 0 unspecified atom stereocenters. The van der Waals surface area contributed by atoms with Crippen molar-refractivity contribution in [3.8, 4) is 0 Å². The Hall–Kier alpha value is -0.590. The molecule has 0 radical (unpaired) electrons. The molecule has 0 atom stereocenters. The monoisotopic (exact) mass is 362 g/mol. The van der Waals surface area contributed by atoms with Crippen molar-refractivity contribution in [2.24, 2.45) is 5.92 Å². The van der Waals surface area contributed by atoms with Crippen LogP contribution in [0.2, 0.25) is 0 Å². The summed E-state index contributed by atoms with van der Waals surface area (Å²) < 4.78 is 27.7. The van der Waals surface area contributed by atoms with Crippen LogP contribution in [0.4, 0.5) is 5.69 Å². The maximum Gasteiger partial charge on any atom is 0.245 e. The molecule has 0 aliphatic carbocycles. The van der Waals surface area contributed by atoms with Gasteiger partial charge in [-0.05, 0) is 24.1 Å². The lowest BCUT2D eigenvalue weighted by atomic mass is 10.0. The van der Waals surface area contributed by atoms with Gasteiger partial charge in [0.25, 0.3) is 0 Å². The molecule has 2 N–H and O–H groups in total.